The van der Waals surface area contributed by atoms with Gasteiger partial charge in [0.25, 0.3) is 0 Å². The Hall–Kier alpha value is -2.86. The van der Waals surface area contributed by atoms with Crippen molar-refractivity contribution in [2.75, 3.05) is 31.5 Å². The fraction of sp³-hybridized carbons (Fsp3) is 0.391. The van der Waals surface area contributed by atoms with Gasteiger partial charge in [-0.3, -0.25) is 4.98 Å². The molecular formula is C23H28N4O2. The first-order chi connectivity index (χ1) is 14.3. The SMILES string of the molecule is O=C(NCCCCN1CCCCC1)Nc1ccc(-c2cc3ccccc3o2)nc1. The van der Waals surface area contributed by atoms with Gasteiger partial charge in [0.15, 0.2) is 5.76 Å². The van der Waals surface area contributed by atoms with Gasteiger partial charge in [-0.15, -0.1) is 0 Å². The lowest BCUT2D eigenvalue weighted by Crippen LogP contribution is -2.32. The minimum Gasteiger partial charge on any atom is -0.454 e. The molecule has 0 bridgehead atoms. The minimum absolute atomic E-state index is 0.193. The van der Waals surface area contributed by atoms with Crippen molar-refractivity contribution in [2.45, 2.75) is 32.1 Å². The topological polar surface area (TPSA) is 70.4 Å². The number of pyridine rings is 1. The summed E-state index contributed by atoms with van der Waals surface area (Å²) in [5.41, 5.74) is 2.24. The number of rotatable bonds is 7. The van der Waals surface area contributed by atoms with Crippen molar-refractivity contribution in [3.8, 4) is 11.5 Å². The number of benzene rings is 1. The highest BCUT2D eigenvalue weighted by Gasteiger charge is 2.10. The lowest BCUT2D eigenvalue weighted by Gasteiger charge is -2.26. The first-order valence-corrected chi connectivity index (χ1v) is 10.5. The van der Waals surface area contributed by atoms with E-state index in [1.807, 2.05) is 42.5 Å². The van der Waals surface area contributed by atoms with Crippen molar-refractivity contribution < 1.29 is 9.21 Å². The fourth-order valence-corrected chi connectivity index (χ4v) is 3.74. The molecular weight excluding hydrogens is 364 g/mol. The summed E-state index contributed by atoms with van der Waals surface area (Å²) in [6.45, 7) is 4.27. The normalized spacial score (nSPS) is 14.8. The number of nitrogens with zero attached hydrogens (tertiary/aromatic N) is 2. The highest BCUT2D eigenvalue weighted by Crippen LogP contribution is 2.26. The number of unbranched alkanes of at least 4 members (excludes halogenated alkanes) is 1. The summed E-state index contributed by atoms with van der Waals surface area (Å²) >= 11 is 0. The van der Waals surface area contributed by atoms with Crippen LogP contribution in [-0.2, 0) is 0 Å². The van der Waals surface area contributed by atoms with Crippen molar-refractivity contribution in [1.29, 1.82) is 0 Å². The molecule has 1 saturated heterocycles. The second-order valence-corrected chi connectivity index (χ2v) is 7.57. The molecule has 1 aromatic carbocycles. The van der Waals surface area contributed by atoms with Crippen LogP contribution < -0.4 is 10.6 Å². The first kappa shape index (κ1) is 19.5. The Balaban J connectivity index is 1.20. The van der Waals surface area contributed by atoms with Crippen molar-refractivity contribution in [2.24, 2.45) is 0 Å². The molecule has 0 spiro atoms. The van der Waals surface area contributed by atoms with Gasteiger partial charge in [-0.05, 0) is 69.6 Å². The Morgan fingerprint density at radius 2 is 1.93 bits per heavy atom. The van der Waals surface area contributed by atoms with Gasteiger partial charge >= 0.3 is 6.03 Å². The summed E-state index contributed by atoms with van der Waals surface area (Å²) < 4.78 is 5.83. The number of likely N-dealkylation sites (tertiary alicyclic amines) is 1. The predicted molar refractivity (Wildman–Crippen MR) is 116 cm³/mol. The number of para-hydroxylation sites is 1. The van der Waals surface area contributed by atoms with Crippen molar-refractivity contribution in [1.82, 2.24) is 15.2 Å². The molecule has 0 atom stereocenters. The third-order valence-corrected chi connectivity index (χ3v) is 5.33. The molecule has 2 amide bonds. The molecule has 4 rings (SSSR count). The van der Waals surface area contributed by atoms with Crippen LogP contribution >= 0.6 is 0 Å². The molecule has 1 aliphatic heterocycles. The number of amides is 2. The summed E-state index contributed by atoms with van der Waals surface area (Å²) in [5, 5.41) is 6.80. The lowest BCUT2D eigenvalue weighted by molar-refractivity contribution is 0.224. The molecule has 152 valence electrons. The van der Waals surface area contributed by atoms with E-state index in [1.165, 1.54) is 32.4 Å². The summed E-state index contributed by atoms with van der Waals surface area (Å²) in [6, 6.07) is 13.3. The van der Waals surface area contributed by atoms with E-state index >= 15 is 0 Å². The van der Waals surface area contributed by atoms with Gasteiger partial charge in [0.05, 0.1) is 11.9 Å². The van der Waals surface area contributed by atoms with E-state index in [2.05, 4.69) is 20.5 Å². The van der Waals surface area contributed by atoms with Crippen LogP contribution in [0.3, 0.4) is 0 Å². The number of urea groups is 1. The Kier molecular flexibility index (Phi) is 6.42. The number of carbonyl (C=O) groups is 1. The zero-order chi connectivity index (χ0) is 19.9. The number of nitrogens with one attached hydrogen (secondary N) is 2. The van der Waals surface area contributed by atoms with Gasteiger partial charge in [-0.2, -0.15) is 0 Å². The number of hydrogen-bond acceptors (Lipinski definition) is 4. The molecule has 6 heteroatoms. The van der Waals surface area contributed by atoms with Crippen LogP contribution in [0.4, 0.5) is 10.5 Å². The smallest absolute Gasteiger partial charge is 0.319 e. The predicted octanol–water partition coefficient (Wildman–Crippen LogP) is 4.88. The Bertz CT molecular complexity index is 896. The van der Waals surface area contributed by atoms with E-state index in [-0.39, 0.29) is 6.03 Å². The standard InChI is InChI=1S/C23H28N4O2/c28-23(24-12-4-7-15-27-13-5-1-6-14-27)26-19-10-11-20(25-17-19)22-16-18-8-2-3-9-21(18)29-22/h2-3,8-11,16-17H,1,4-7,12-15H2,(H2,24,26,28). The second kappa shape index (κ2) is 9.56. The molecule has 0 unspecified atom stereocenters. The number of hydrogen-bond donors (Lipinski definition) is 2. The van der Waals surface area contributed by atoms with Crippen molar-refractivity contribution in [3.05, 3.63) is 48.7 Å². The fourth-order valence-electron chi connectivity index (χ4n) is 3.74. The Morgan fingerprint density at radius 3 is 2.72 bits per heavy atom. The van der Waals surface area contributed by atoms with Crippen molar-refractivity contribution >= 4 is 22.7 Å². The number of fused-ring (bicyclic) bond motifs is 1. The van der Waals surface area contributed by atoms with Crippen LogP contribution in [0.15, 0.2) is 53.1 Å². The Morgan fingerprint density at radius 1 is 1.07 bits per heavy atom. The molecule has 0 saturated carbocycles. The highest BCUT2D eigenvalue weighted by atomic mass is 16.3. The molecule has 0 aliphatic carbocycles. The molecule has 3 aromatic rings. The minimum atomic E-state index is -0.193. The van der Waals surface area contributed by atoms with Crippen LogP contribution in [0.1, 0.15) is 32.1 Å². The maximum Gasteiger partial charge on any atom is 0.319 e. The van der Waals surface area contributed by atoms with Crippen LogP contribution in [0, 0.1) is 0 Å². The maximum atomic E-state index is 12.1. The molecule has 6 nitrogen and oxygen atoms in total. The van der Waals surface area contributed by atoms with Crippen LogP contribution in [-0.4, -0.2) is 42.1 Å². The largest absolute Gasteiger partial charge is 0.454 e. The zero-order valence-electron chi connectivity index (χ0n) is 16.7. The van der Waals surface area contributed by atoms with Gasteiger partial charge in [0.1, 0.15) is 11.3 Å². The second-order valence-electron chi connectivity index (χ2n) is 7.57. The van der Waals surface area contributed by atoms with Gasteiger partial charge < -0.3 is 20.0 Å². The summed E-state index contributed by atoms with van der Waals surface area (Å²) in [4.78, 5) is 19.0. The summed E-state index contributed by atoms with van der Waals surface area (Å²) in [6.07, 6.45) is 7.78. The molecule has 29 heavy (non-hydrogen) atoms. The average molecular weight is 393 g/mol. The average Bonchev–Trinajstić information content (AvgIpc) is 3.19. The lowest BCUT2D eigenvalue weighted by atomic mass is 10.1. The third-order valence-electron chi connectivity index (χ3n) is 5.33. The number of anilines is 1. The number of furan rings is 1. The quantitative estimate of drug-likeness (QED) is 0.562. The van der Waals surface area contributed by atoms with Crippen LogP contribution in [0.2, 0.25) is 0 Å². The van der Waals surface area contributed by atoms with E-state index in [0.717, 1.165) is 41.8 Å². The van der Waals surface area contributed by atoms with E-state index in [9.17, 15) is 4.79 Å². The van der Waals surface area contributed by atoms with E-state index in [0.29, 0.717) is 12.2 Å². The summed E-state index contributed by atoms with van der Waals surface area (Å²) in [5.74, 6) is 0.718. The molecule has 2 aromatic heterocycles. The maximum absolute atomic E-state index is 12.1. The van der Waals surface area contributed by atoms with Gasteiger partial charge in [0, 0.05) is 11.9 Å². The van der Waals surface area contributed by atoms with Gasteiger partial charge in [0.2, 0.25) is 0 Å². The monoisotopic (exact) mass is 392 g/mol. The van der Waals surface area contributed by atoms with E-state index in [4.69, 9.17) is 4.42 Å². The van der Waals surface area contributed by atoms with Crippen LogP contribution in [0.5, 0.6) is 0 Å². The third kappa shape index (κ3) is 5.35. The first-order valence-electron chi connectivity index (χ1n) is 10.5. The number of aromatic nitrogens is 1. The van der Waals surface area contributed by atoms with Gasteiger partial charge in [-0.1, -0.05) is 24.6 Å². The molecule has 3 heterocycles. The Labute approximate surface area is 171 Å². The van der Waals surface area contributed by atoms with Crippen LogP contribution in [0.25, 0.3) is 22.4 Å². The summed E-state index contributed by atoms with van der Waals surface area (Å²) in [7, 11) is 0. The van der Waals surface area contributed by atoms with E-state index in [1.54, 1.807) is 6.20 Å². The van der Waals surface area contributed by atoms with Gasteiger partial charge in [-0.25, -0.2) is 4.79 Å². The highest BCUT2D eigenvalue weighted by molar-refractivity contribution is 5.89. The molecule has 2 N–H and O–H groups in total. The number of piperidine rings is 1. The molecule has 0 radical (unpaired) electrons. The number of carbonyl (C=O) groups excluding carboxylic acids is 1. The van der Waals surface area contributed by atoms with E-state index < -0.39 is 0 Å². The molecule has 1 fully saturated rings. The molecule has 1 aliphatic rings. The zero-order valence-corrected chi connectivity index (χ0v) is 16.7. The van der Waals surface area contributed by atoms with Crippen molar-refractivity contribution in [3.63, 3.8) is 0 Å².